The lowest BCUT2D eigenvalue weighted by molar-refractivity contribution is 0.0414. The van der Waals surface area contributed by atoms with Crippen molar-refractivity contribution >= 4 is 0 Å². The second-order valence-electron chi connectivity index (χ2n) is 5.24. The van der Waals surface area contributed by atoms with Gasteiger partial charge >= 0.3 is 0 Å². The summed E-state index contributed by atoms with van der Waals surface area (Å²) in [6.07, 6.45) is 2.42. The van der Waals surface area contributed by atoms with Crippen LogP contribution in [0.1, 0.15) is 36.9 Å². The molecule has 1 saturated heterocycles. The third-order valence-electron chi connectivity index (χ3n) is 3.67. The summed E-state index contributed by atoms with van der Waals surface area (Å²) in [6, 6.07) is 8.94. The van der Waals surface area contributed by atoms with Crippen molar-refractivity contribution in [3.05, 3.63) is 35.4 Å². The lowest BCUT2D eigenvalue weighted by Gasteiger charge is -2.17. The molecule has 0 aliphatic carbocycles. The number of hydrogen-bond donors (Lipinski definition) is 1. The van der Waals surface area contributed by atoms with E-state index in [0.717, 1.165) is 39.2 Å². The van der Waals surface area contributed by atoms with Crippen LogP contribution < -0.4 is 5.32 Å². The van der Waals surface area contributed by atoms with Crippen molar-refractivity contribution in [1.82, 2.24) is 5.32 Å². The zero-order valence-corrected chi connectivity index (χ0v) is 12.0. The third kappa shape index (κ3) is 4.60. The Kier molecular flexibility index (Phi) is 5.83. The fourth-order valence-electron chi connectivity index (χ4n) is 2.47. The average molecular weight is 263 g/mol. The van der Waals surface area contributed by atoms with Gasteiger partial charge in [-0.1, -0.05) is 24.3 Å². The Morgan fingerprint density at radius 3 is 3.00 bits per heavy atom. The minimum atomic E-state index is 0.328. The summed E-state index contributed by atoms with van der Waals surface area (Å²) >= 11 is 0. The maximum absolute atomic E-state index is 5.75. The number of hydrogen-bond acceptors (Lipinski definition) is 3. The highest BCUT2D eigenvalue weighted by atomic mass is 16.5. The molecule has 2 atom stereocenters. The Hall–Kier alpha value is -0.900. The van der Waals surface area contributed by atoms with Crippen molar-refractivity contribution < 1.29 is 9.47 Å². The van der Waals surface area contributed by atoms with E-state index in [1.165, 1.54) is 11.1 Å². The van der Waals surface area contributed by atoms with Crippen LogP contribution in [0, 0.1) is 6.92 Å². The van der Waals surface area contributed by atoms with E-state index in [-0.39, 0.29) is 0 Å². The summed E-state index contributed by atoms with van der Waals surface area (Å²) < 4.78 is 11.0. The molecule has 1 aliphatic rings. The molecule has 1 aromatic carbocycles. The van der Waals surface area contributed by atoms with E-state index in [0.29, 0.717) is 12.1 Å². The van der Waals surface area contributed by atoms with Crippen LogP contribution in [0.25, 0.3) is 0 Å². The first-order valence-corrected chi connectivity index (χ1v) is 7.25. The molecule has 19 heavy (non-hydrogen) atoms. The zero-order chi connectivity index (χ0) is 13.5. The number of benzene rings is 1. The molecule has 1 aromatic rings. The third-order valence-corrected chi connectivity index (χ3v) is 3.67. The maximum Gasteiger partial charge on any atom is 0.0830 e. The molecule has 0 spiro atoms. The van der Waals surface area contributed by atoms with E-state index in [4.69, 9.17) is 9.47 Å². The van der Waals surface area contributed by atoms with Crippen LogP contribution in [0.3, 0.4) is 0 Å². The van der Waals surface area contributed by atoms with E-state index in [2.05, 4.69) is 43.4 Å². The first-order valence-electron chi connectivity index (χ1n) is 7.25. The predicted molar refractivity (Wildman–Crippen MR) is 77.4 cm³/mol. The van der Waals surface area contributed by atoms with E-state index in [1.54, 1.807) is 0 Å². The summed E-state index contributed by atoms with van der Waals surface area (Å²) in [6.45, 7) is 7.82. The Balaban J connectivity index is 1.61. The van der Waals surface area contributed by atoms with Gasteiger partial charge in [0.25, 0.3) is 0 Å². The highest BCUT2D eigenvalue weighted by Gasteiger charge is 2.15. The molecule has 1 N–H and O–H groups in total. The molecule has 1 fully saturated rings. The Bertz CT molecular complexity index is 375. The molecule has 106 valence electrons. The first kappa shape index (κ1) is 14.5. The van der Waals surface area contributed by atoms with Crippen LogP contribution in [0.5, 0.6) is 0 Å². The Morgan fingerprint density at radius 2 is 2.26 bits per heavy atom. The molecule has 0 saturated carbocycles. The molecule has 3 nitrogen and oxygen atoms in total. The van der Waals surface area contributed by atoms with E-state index in [1.807, 2.05) is 0 Å². The SMILES string of the molecule is Cc1ccccc1[C@H](C)NCCCO[C@H]1CCOC1. The minimum Gasteiger partial charge on any atom is -0.379 e. The second kappa shape index (κ2) is 7.63. The molecule has 3 heteroatoms. The van der Waals surface area contributed by atoms with Crippen molar-refractivity contribution in [3.63, 3.8) is 0 Å². The topological polar surface area (TPSA) is 30.5 Å². The molecular weight excluding hydrogens is 238 g/mol. The Morgan fingerprint density at radius 1 is 1.42 bits per heavy atom. The van der Waals surface area contributed by atoms with Crippen LogP contribution in [-0.4, -0.2) is 32.5 Å². The van der Waals surface area contributed by atoms with Crippen LogP contribution in [0.15, 0.2) is 24.3 Å². The molecule has 1 aliphatic heterocycles. The van der Waals surface area contributed by atoms with Gasteiger partial charge in [-0.05, 0) is 44.4 Å². The lowest BCUT2D eigenvalue weighted by Crippen LogP contribution is -2.22. The summed E-state index contributed by atoms with van der Waals surface area (Å²) in [5.41, 5.74) is 2.73. The predicted octanol–water partition coefficient (Wildman–Crippen LogP) is 2.84. The number of aryl methyl sites for hydroxylation is 1. The van der Waals surface area contributed by atoms with Crippen LogP contribution >= 0.6 is 0 Å². The standard InChI is InChI=1S/C16H25NO2/c1-13-6-3-4-7-16(13)14(2)17-9-5-10-19-15-8-11-18-12-15/h3-4,6-7,14-15,17H,5,8-12H2,1-2H3/t14-,15-/m0/s1. The normalized spacial score (nSPS) is 20.6. The second-order valence-corrected chi connectivity index (χ2v) is 5.24. The van der Waals surface area contributed by atoms with Gasteiger partial charge in [0.1, 0.15) is 0 Å². The highest BCUT2D eigenvalue weighted by Crippen LogP contribution is 2.16. The van der Waals surface area contributed by atoms with Gasteiger partial charge in [0.05, 0.1) is 12.7 Å². The van der Waals surface area contributed by atoms with Crippen molar-refractivity contribution in [2.45, 2.75) is 38.8 Å². The molecule has 0 radical (unpaired) electrons. The monoisotopic (exact) mass is 263 g/mol. The van der Waals surface area contributed by atoms with Crippen LogP contribution in [0.4, 0.5) is 0 Å². The smallest absolute Gasteiger partial charge is 0.0830 e. The molecule has 0 aromatic heterocycles. The van der Waals surface area contributed by atoms with Crippen molar-refractivity contribution in [3.8, 4) is 0 Å². The fourth-order valence-corrected chi connectivity index (χ4v) is 2.47. The molecule has 2 rings (SSSR count). The molecule has 0 amide bonds. The van der Waals surface area contributed by atoms with Crippen LogP contribution in [0.2, 0.25) is 0 Å². The highest BCUT2D eigenvalue weighted by molar-refractivity contribution is 5.28. The van der Waals surface area contributed by atoms with Gasteiger partial charge in [0.15, 0.2) is 0 Å². The lowest BCUT2D eigenvalue weighted by atomic mass is 10.0. The quantitative estimate of drug-likeness (QED) is 0.767. The summed E-state index contributed by atoms with van der Waals surface area (Å²) in [5.74, 6) is 0. The fraction of sp³-hybridized carbons (Fsp3) is 0.625. The van der Waals surface area contributed by atoms with Crippen molar-refractivity contribution in [2.24, 2.45) is 0 Å². The summed E-state index contributed by atoms with van der Waals surface area (Å²) in [4.78, 5) is 0. The average Bonchev–Trinajstić information content (AvgIpc) is 2.92. The van der Waals surface area contributed by atoms with E-state index >= 15 is 0 Å². The number of rotatable bonds is 7. The van der Waals surface area contributed by atoms with Gasteiger partial charge in [-0.3, -0.25) is 0 Å². The summed E-state index contributed by atoms with van der Waals surface area (Å²) in [7, 11) is 0. The van der Waals surface area contributed by atoms with Gasteiger partial charge in [-0.25, -0.2) is 0 Å². The van der Waals surface area contributed by atoms with Gasteiger partial charge in [0.2, 0.25) is 0 Å². The molecule has 0 unspecified atom stereocenters. The van der Waals surface area contributed by atoms with Gasteiger partial charge in [0, 0.05) is 19.3 Å². The Labute approximate surface area is 116 Å². The van der Waals surface area contributed by atoms with Gasteiger partial charge in [-0.2, -0.15) is 0 Å². The minimum absolute atomic E-state index is 0.328. The molecule has 1 heterocycles. The van der Waals surface area contributed by atoms with Crippen molar-refractivity contribution in [1.29, 1.82) is 0 Å². The van der Waals surface area contributed by atoms with E-state index < -0.39 is 0 Å². The van der Waals surface area contributed by atoms with Gasteiger partial charge < -0.3 is 14.8 Å². The van der Waals surface area contributed by atoms with Gasteiger partial charge in [-0.15, -0.1) is 0 Å². The number of nitrogens with one attached hydrogen (secondary N) is 1. The molecule has 0 bridgehead atoms. The number of ether oxygens (including phenoxy) is 2. The summed E-state index contributed by atoms with van der Waals surface area (Å²) in [5, 5.41) is 3.55. The van der Waals surface area contributed by atoms with Crippen molar-refractivity contribution in [2.75, 3.05) is 26.4 Å². The van der Waals surface area contributed by atoms with Crippen LogP contribution in [-0.2, 0) is 9.47 Å². The molecular formula is C16H25NO2. The first-order chi connectivity index (χ1) is 9.27. The largest absolute Gasteiger partial charge is 0.379 e. The van der Waals surface area contributed by atoms with E-state index in [9.17, 15) is 0 Å². The maximum atomic E-state index is 5.75. The zero-order valence-electron chi connectivity index (χ0n) is 12.0.